The van der Waals surface area contributed by atoms with Crippen LogP contribution in [0.5, 0.6) is 11.5 Å². The molecule has 0 spiro atoms. The van der Waals surface area contributed by atoms with Gasteiger partial charge in [0.25, 0.3) is 5.91 Å². The Bertz CT molecular complexity index is 895. The van der Waals surface area contributed by atoms with Crippen LogP contribution in [0.25, 0.3) is 11.0 Å². The third-order valence-corrected chi connectivity index (χ3v) is 4.34. The minimum atomic E-state index is -0.136. The van der Waals surface area contributed by atoms with Crippen molar-refractivity contribution >= 4 is 16.9 Å². The van der Waals surface area contributed by atoms with Crippen LogP contribution < -0.4 is 9.47 Å². The van der Waals surface area contributed by atoms with Crippen molar-refractivity contribution in [3.63, 3.8) is 0 Å². The van der Waals surface area contributed by atoms with E-state index in [-0.39, 0.29) is 18.7 Å². The van der Waals surface area contributed by atoms with Crippen LogP contribution in [0.4, 0.5) is 0 Å². The van der Waals surface area contributed by atoms with Crippen molar-refractivity contribution in [2.75, 3.05) is 6.79 Å². The summed E-state index contributed by atoms with van der Waals surface area (Å²) in [5.41, 5.74) is 1.64. The number of ether oxygens (including phenoxy) is 2. The summed E-state index contributed by atoms with van der Waals surface area (Å²) >= 11 is 0. The van der Waals surface area contributed by atoms with Crippen LogP contribution in [-0.4, -0.2) is 23.6 Å². The number of furan rings is 1. The third-order valence-electron chi connectivity index (χ3n) is 4.34. The number of nitrogens with zero attached hydrogens (tertiary/aromatic N) is 1. The number of fused-ring (bicyclic) bond motifs is 2. The van der Waals surface area contributed by atoms with Crippen LogP contribution in [0.1, 0.15) is 30.0 Å². The zero-order valence-corrected chi connectivity index (χ0v) is 14.2. The Morgan fingerprint density at radius 3 is 2.76 bits per heavy atom. The van der Waals surface area contributed by atoms with Crippen molar-refractivity contribution in [1.29, 1.82) is 0 Å². The molecule has 0 bridgehead atoms. The minimum absolute atomic E-state index is 0.0129. The Kier molecular flexibility index (Phi) is 3.84. The standard InChI is InChI=1S/C20H19NO4/c1-13(2)21(11-15-7-5-9-17-19(15)24-12-23-17)20(22)18-10-14-6-3-4-8-16(14)25-18/h3-10,13H,11-12H2,1-2H3. The lowest BCUT2D eigenvalue weighted by molar-refractivity contribution is 0.0658. The second-order valence-corrected chi connectivity index (χ2v) is 6.33. The van der Waals surface area contributed by atoms with Gasteiger partial charge in [-0.2, -0.15) is 0 Å². The largest absolute Gasteiger partial charge is 0.454 e. The van der Waals surface area contributed by atoms with Crippen LogP contribution in [0, 0.1) is 0 Å². The van der Waals surface area contributed by atoms with Gasteiger partial charge in [0.2, 0.25) is 6.79 Å². The highest BCUT2D eigenvalue weighted by molar-refractivity contribution is 5.96. The summed E-state index contributed by atoms with van der Waals surface area (Å²) in [7, 11) is 0. The fourth-order valence-electron chi connectivity index (χ4n) is 3.02. The summed E-state index contributed by atoms with van der Waals surface area (Å²) in [6.45, 7) is 4.62. The quantitative estimate of drug-likeness (QED) is 0.715. The zero-order valence-electron chi connectivity index (χ0n) is 14.2. The van der Waals surface area contributed by atoms with E-state index >= 15 is 0 Å². The van der Waals surface area contributed by atoms with Gasteiger partial charge < -0.3 is 18.8 Å². The van der Waals surface area contributed by atoms with E-state index in [1.807, 2.05) is 56.3 Å². The molecule has 2 heterocycles. The molecule has 0 fully saturated rings. The number of rotatable bonds is 4. The molecule has 128 valence electrons. The molecule has 1 aromatic heterocycles. The molecule has 0 aliphatic carbocycles. The maximum atomic E-state index is 13.0. The molecule has 0 saturated carbocycles. The zero-order chi connectivity index (χ0) is 17.4. The highest BCUT2D eigenvalue weighted by atomic mass is 16.7. The lowest BCUT2D eigenvalue weighted by Gasteiger charge is -2.26. The minimum Gasteiger partial charge on any atom is -0.454 e. The highest BCUT2D eigenvalue weighted by Crippen LogP contribution is 2.36. The second kappa shape index (κ2) is 6.16. The van der Waals surface area contributed by atoms with E-state index in [1.54, 1.807) is 11.0 Å². The van der Waals surface area contributed by atoms with E-state index in [0.717, 1.165) is 16.7 Å². The molecular formula is C20H19NO4. The smallest absolute Gasteiger partial charge is 0.290 e. The Morgan fingerprint density at radius 2 is 1.96 bits per heavy atom. The molecular weight excluding hydrogens is 318 g/mol. The maximum Gasteiger partial charge on any atom is 0.290 e. The average molecular weight is 337 g/mol. The fraction of sp³-hybridized carbons (Fsp3) is 0.250. The van der Waals surface area contributed by atoms with Gasteiger partial charge in [-0.1, -0.05) is 30.3 Å². The number of carbonyl (C=O) groups is 1. The lowest BCUT2D eigenvalue weighted by atomic mass is 10.1. The van der Waals surface area contributed by atoms with E-state index in [4.69, 9.17) is 13.9 Å². The van der Waals surface area contributed by atoms with Gasteiger partial charge in [0.05, 0.1) is 6.54 Å². The monoisotopic (exact) mass is 337 g/mol. The Morgan fingerprint density at radius 1 is 1.12 bits per heavy atom. The first-order chi connectivity index (χ1) is 12.1. The van der Waals surface area contributed by atoms with Crippen molar-refractivity contribution in [2.24, 2.45) is 0 Å². The van der Waals surface area contributed by atoms with Crippen LogP contribution >= 0.6 is 0 Å². The van der Waals surface area contributed by atoms with E-state index < -0.39 is 0 Å². The SMILES string of the molecule is CC(C)N(Cc1cccc2c1OCO2)C(=O)c1cc2ccccc2o1. The molecule has 5 nitrogen and oxygen atoms in total. The molecule has 1 aliphatic rings. The first-order valence-corrected chi connectivity index (χ1v) is 8.30. The lowest BCUT2D eigenvalue weighted by Crippen LogP contribution is -2.36. The normalized spacial score (nSPS) is 12.8. The molecule has 4 rings (SSSR count). The molecule has 0 saturated heterocycles. The Hall–Kier alpha value is -2.95. The van der Waals surface area contributed by atoms with E-state index in [0.29, 0.717) is 23.6 Å². The van der Waals surface area contributed by atoms with Crippen LogP contribution in [0.2, 0.25) is 0 Å². The number of carbonyl (C=O) groups excluding carboxylic acids is 1. The van der Waals surface area contributed by atoms with Gasteiger partial charge in [-0.15, -0.1) is 0 Å². The van der Waals surface area contributed by atoms with Gasteiger partial charge in [-0.25, -0.2) is 0 Å². The predicted octanol–water partition coefficient (Wildman–Crippen LogP) is 4.21. The van der Waals surface area contributed by atoms with Gasteiger partial charge in [-0.05, 0) is 32.0 Å². The molecule has 0 N–H and O–H groups in total. The molecule has 1 aliphatic heterocycles. The van der Waals surface area contributed by atoms with Crippen molar-refractivity contribution < 1.29 is 18.7 Å². The van der Waals surface area contributed by atoms with Crippen LogP contribution in [0.3, 0.4) is 0 Å². The van der Waals surface area contributed by atoms with E-state index in [9.17, 15) is 4.79 Å². The maximum absolute atomic E-state index is 13.0. The summed E-state index contributed by atoms with van der Waals surface area (Å²) < 4.78 is 16.7. The average Bonchev–Trinajstić information content (AvgIpc) is 3.25. The summed E-state index contributed by atoms with van der Waals surface area (Å²) in [6, 6.07) is 15.2. The Labute approximate surface area is 145 Å². The molecule has 3 aromatic rings. The van der Waals surface area contributed by atoms with E-state index in [1.165, 1.54) is 0 Å². The van der Waals surface area contributed by atoms with Crippen LogP contribution in [0.15, 0.2) is 52.9 Å². The van der Waals surface area contributed by atoms with Crippen molar-refractivity contribution in [3.05, 3.63) is 59.9 Å². The number of benzene rings is 2. The van der Waals surface area contributed by atoms with Crippen LogP contribution in [-0.2, 0) is 6.54 Å². The molecule has 25 heavy (non-hydrogen) atoms. The number of amides is 1. The third kappa shape index (κ3) is 2.82. The van der Waals surface area contributed by atoms with Gasteiger partial charge >= 0.3 is 0 Å². The number of hydrogen-bond donors (Lipinski definition) is 0. The van der Waals surface area contributed by atoms with Crippen molar-refractivity contribution in [1.82, 2.24) is 4.90 Å². The van der Waals surface area contributed by atoms with Crippen molar-refractivity contribution in [3.8, 4) is 11.5 Å². The Balaban J connectivity index is 1.65. The van der Waals surface area contributed by atoms with Gasteiger partial charge in [0.15, 0.2) is 17.3 Å². The first kappa shape index (κ1) is 15.6. The van der Waals surface area contributed by atoms with E-state index in [2.05, 4.69) is 0 Å². The summed E-state index contributed by atoms with van der Waals surface area (Å²) in [6.07, 6.45) is 0. The second-order valence-electron chi connectivity index (χ2n) is 6.33. The first-order valence-electron chi connectivity index (χ1n) is 8.30. The fourth-order valence-corrected chi connectivity index (χ4v) is 3.02. The number of para-hydroxylation sites is 2. The van der Waals surface area contributed by atoms with Gasteiger partial charge in [0, 0.05) is 17.0 Å². The predicted molar refractivity (Wildman–Crippen MR) is 93.8 cm³/mol. The summed E-state index contributed by atoms with van der Waals surface area (Å²) in [5.74, 6) is 1.64. The highest BCUT2D eigenvalue weighted by Gasteiger charge is 2.25. The van der Waals surface area contributed by atoms with Gasteiger partial charge in [-0.3, -0.25) is 4.79 Å². The molecule has 1 amide bonds. The number of hydrogen-bond acceptors (Lipinski definition) is 4. The van der Waals surface area contributed by atoms with Gasteiger partial charge in [0.1, 0.15) is 5.58 Å². The summed E-state index contributed by atoms with van der Waals surface area (Å²) in [5, 5.41) is 0.923. The molecule has 0 atom stereocenters. The van der Waals surface area contributed by atoms with Crippen molar-refractivity contribution in [2.45, 2.75) is 26.4 Å². The molecule has 2 aromatic carbocycles. The topological polar surface area (TPSA) is 51.9 Å². The summed E-state index contributed by atoms with van der Waals surface area (Å²) in [4.78, 5) is 14.8. The molecule has 0 radical (unpaired) electrons. The molecule has 0 unspecified atom stereocenters. The molecule has 5 heteroatoms.